The summed E-state index contributed by atoms with van der Waals surface area (Å²) in [5.74, 6) is -0.256. The predicted molar refractivity (Wildman–Crippen MR) is 56.6 cm³/mol. The van der Waals surface area contributed by atoms with E-state index in [1.807, 2.05) is 31.2 Å². The van der Waals surface area contributed by atoms with Crippen molar-refractivity contribution in [3.63, 3.8) is 0 Å². The van der Waals surface area contributed by atoms with Crippen LogP contribution < -0.4 is 0 Å². The molecule has 0 amide bonds. The Kier molecular flexibility index (Phi) is 3.46. The highest BCUT2D eigenvalue weighted by molar-refractivity contribution is 5.66. The number of hydrogen-bond acceptors (Lipinski definition) is 2. The Hall–Kier alpha value is -1.57. The quantitative estimate of drug-likeness (QED) is 0.685. The van der Waals surface area contributed by atoms with Crippen molar-refractivity contribution in [2.24, 2.45) is 0 Å². The Morgan fingerprint density at radius 2 is 1.86 bits per heavy atom. The smallest absolute Gasteiger partial charge is 0.302 e. The summed E-state index contributed by atoms with van der Waals surface area (Å²) in [4.78, 5) is 10.6. The summed E-state index contributed by atoms with van der Waals surface area (Å²) in [5, 5.41) is 0. The number of hydrogen-bond donors (Lipinski definition) is 0. The number of benzene rings is 1. The van der Waals surface area contributed by atoms with Gasteiger partial charge in [0.15, 0.2) is 0 Å². The Bertz CT molecular complexity index is 336. The van der Waals surface area contributed by atoms with E-state index in [4.69, 9.17) is 4.74 Å². The van der Waals surface area contributed by atoms with Crippen LogP contribution in [0, 0.1) is 0 Å². The predicted octanol–water partition coefficient (Wildman–Crippen LogP) is 2.78. The van der Waals surface area contributed by atoms with Crippen LogP contribution in [-0.2, 0) is 16.1 Å². The van der Waals surface area contributed by atoms with E-state index in [0.29, 0.717) is 6.61 Å². The third-order valence-electron chi connectivity index (χ3n) is 1.89. The number of ether oxygens (including phenoxy) is 1. The van der Waals surface area contributed by atoms with Crippen LogP contribution in [-0.4, -0.2) is 5.97 Å². The van der Waals surface area contributed by atoms with Crippen LogP contribution in [0.3, 0.4) is 0 Å². The lowest BCUT2D eigenvalue weighted by Gasteiger charge is -2.03. The topological polar surface area (TPSA) is 26.3 Å². The van der Waals surface area contributed by atoms with Gasteiger partial charge in [-0.3, -0.25) is 4.79 Å². The lowest BCUT2D eigenvalue weighted by molar-refractivity contribution is -0.142. The van der Waals surface area contributed by atoms with Gasteiger partial charge in [-0.05, 0) is 18.1 Å². The molecule has 0 spiro atoms. The van der Waals surface area contributed by atoms with E-state index >= 15 is 0 Å². The fourth-order valence-corrected chi connectivity index (χ4v) is 1.07. The van der Waals surface area contributed by atoms with Crippen molar-refractivity contribution in [1.29, 1.82) is 0 Å². The largest absolute Gasteiger partial charge is 0.461 e. The van der Waals surface area contributed by atoms with E-state index in [1.54, 1.807) is 0 Å². The molecule has 0 heterocycles. The van der Waals surface area contributed by atoms with Gasteiger partial charge in [0, 0.05) is 6.92 Å². The summed E-state index contributed by atoms with van der Waals surface area (Å²) in [6.45, 7) is 7.55. The molecule has 0 bridgehead atoms. The van der Waals surface area contributed by atoms with Crippen LogP contribution >= 0.6 is 0 Å². The third kappa shape index (κ3) is 3.05. The van der Waals surface area contributed by atoms with Crippen molar-refractivity contribution in [2.75, 3.05) is 0 Å². The first-order chi connectivity index (χ1) is 6.59. The van der Waals surface area contributed by atoms with Gasteiger partial charge in [-0.2, -0.15) is 0 Å². The summed E-state index contributed by atoms with van der Waals surface area (Å²) < 4.78 is 4.87. The minimum Gasteiger partial charge on any atom is -0.461 e. The highest BCUT2D eigenvalue weighted by Gasteiger charge is 1.97. The van der Waals surface area contributed by atoms with E-state index in [0.717, 1.165) is 16.7 Å². The molecule has 14 heavy (non-hydrogen) atoms. The number of allylic oxidation sites excluding steroid dienone is 1. The molecule has 2 heteroatoms. The van der Waals surface area contributed by atoms with Crippen molar-refractivity contribution < 1.29 is 9.53 Å². The van der Waals surface area contributed by atoms with E-state index in [9.17, 15) is 4.79 Å². The zero-order valence-corrected chi connectivity index (χ0v) is 8.54. The standard InChI is InChI=1S/C12H14O2/c1-9(2)12-6-4-11(5-7-12)8-14-10(3)13/h4-7H,1,8H2,2-3H3. The first-order valence-corrected chi connectivity index (χ1v) is 4.48. The van der Waals surface area contributed by atoms with Gasteiger partial charge in [-0.1, -0.05) is 36.4 Å². The molecule has 74 valence electrons. The van der Waals surface area contributed by atoms with Gasteiger partial charge >= 0.3 is 5.97 Å². The number of carbonyl (C=O) groups is 1. The monoisotopic (exact) mass is 190 g/mol. The minimum absolute atomic E-state index is 0.256. The van der Waals surface area contributed by atoms with Gasteiger partial charge in [0.1, 0.15) is 6.61 Å². The number of rotatable bonds is 3. The highest BCUT2D eigenvalue weighted by Crippen LogP contribution is 2.12. The van der Waals surface area contributed by atoms with Gasteiger partial charge in [-0.15, -0.1) is 0 Å². The fraction of sp³-hybridized carbons (Fsp3) is 0.250. The summed E-state index contributed by atoms with van der Waals surface area (Å²) in [6.07, 6.45) is 0. The molecule has 2 nitrogen and oxygen atoms in total. The van der Waals surface area contributed by atoms with E-state index in [2.05, 4.69) is 6.58 Å². The molecule has 0 N–H and O–H groups in total. The summed E-state index contributed by atoms with van der Waals surface area (Å²) in [5.41, 5.74) is 3.13. The van der Waals surface area contributed by atoms with E-state index in [-0.39, 0.29) is 5.97 Å². The number of carbonyl (C=O) groups excluding carboxylic acids is 1. The van der Waals surface area contributed by atoms with Crippen molar-refractivity contribution in [2.45, 2.75) is 20.5 Å². The first-order valence-electron chi connectivity index (χ1n) is 4.48. The van der Waals surface area contributed by atoms with Crippen molar-refractivity contribution in [1.82, 2.24) is 0 Å². The maximum absolute atomic E-state index is 10.6. The van der Waals surface area contributed by atoms with E-state index in [1.165, 1.54) is 6.92 Å². The maximum atomic E-state index is 10.6. The lowest BCUT2D eigenvalue weighted by atomic mass is 10.1. The van der Waals surface area contributed by atoms with Gasteiger partial charge in [0.2, 0.25) is 0 Å². The Balaban J connectivity index is 2.64. The van der Waals surface area contributed by atoms with Gasteiger partial charge in [-0.25, -0.2) is 0 Å². The van der Waals surface area contributed by atoms with Gasteiger partial charge < -0.3 is 4.74 Å². The zero-order valence-electron chi connectivity index (χ0n) is 8.54. The Morgan fingerprint density at radius 1 is 1.29 bits per heavy atom. The van der Waals surface area contributed by atoms with Crippen LogP contribution in [0.4, 0.5) is 0 Å². The van der Waals surface area contributed by atoms with Gasteiger partial charge in [0.25, 0.3) is 0 Å². The third-order valence-corrected chi connectivity index (χ3v) is 1.89. The van der Waals surface area contributed by atoms with Crippen molar-refractivity contribution in [3.05, 3.63) is 42.0 Å². The molecule has 0 aliphatic carbocycles. The SMILES string of the molecule is C=C(C)c1ccc(COC(C)=O)cc1. The summed E-state index contributed by atoms with van der Waals surface area (Å²) in [6, 6.07) is 7.82. The average molecular weight is 190 g/mol. The molecular formula is C12H14O2. The second kappa shape index (κ2) is 4.61. The van der Waals surface area contributed by atoms with Crippen LogP contribution in [0.5, 0.6) is 0 Å². The zero-order chi connectivity index (χ0) is 10.6. The molecule has 0 aliphatic rings. The number of esters is 1. The molecule has 0 atom stereocenters. The average Bonchev–Trinajstić information content (AvgIpc) is 2.15. The van der Waals surface area contributed by atoms with Crippen molar-refractivity contribution >= 4 is 11.5 Å². The second-order valence-corrected chi connectivity index (χ2v) is 3.26. The summed E-state index contributed by atoms with van der Waals surface area (Å²) >= 11 is 0. The lowest BCUT2D eigenvalue weighted by Crippen LogP contribution is -1.98. The van der Waals surface area contributed by atoms with Crippen LogP contribution in [0.15, 0.2) is 30.8 Å². The van der Waals surface area contributed by atoms with Crippen LogP contribution in [0.25, 0.3) is 5.57 Å². The molecule has 0 radical (unpaired) electrons. The van der Waals surface area contributed by atoms with Crippen LogP contribution in [0.2, 0.25) is 0 Å². The molecule has 0 aromatic heterocycles. The normalized spacial score (nSPS) is 9.57. The van der Waals surface area contributed by atoms with Gasteiger partial charge in [0.05, 0.1) is 0 Å². The molecule has 1 rings (SSSR count). The Morgan fingerprint density at radius 3 is 2.29 bits per heavy atom. The van der Waals surface area contributed by atoms with E-state index < -0.39 is 0 Å². The molecule has 0 unspecified atom stereocenters. The molecule has 0 aliphatic heterocycles. The molecule has 0 saturated carbocycles. The first kappa shape index (κ1) is 10.5. The maximum Gasteiger partial charge on any atom is 0.302 e. The van der Waals surface area contributed by atoms with Crippen LogP contribution in [0.1, 0.15) is 25.0 Å². The minimum atomic E-state index is -0.256. The molecule has 0 saturated heterocycles. The summed E-state index contributed by atoms with van der Waals surface area (Å²) in [7, 11) is 0. The highest BCUT2D eigenvalue weighted by atomic mass is 16.5. The Labute approximate surface area is 84.2 Å². The second-order valence-electron chi connectivity index (χ2n) is 3.26. The fourth-order valence-electron chi connectivity index (χ4n) is 1.07. The molecule has 1 aromatic rings. The molecular weight excluding hydrogens is 176 g/mol. The molecule has 1 aromatic carbocycles. The van der Waals surface area contributed by atoms with Crippen molar-refractivity contribution in [3.8, 4) is 0 Å². The molecule has 0 fully saturated rings.